The first-order valence-electron chi connectivity index (χ1n) is 9.91. The first-order chi connectivity index (χ1) is 14.6. The number of hydrogen-bond donors (Lipinski definition) is 0. The Labute approximate surface area is 175 Å². The predicted octanol–water partition coefficient (Wildman–Crippen LogP) is 2.89. The lowest BCUT2D eigenvalue weighted by atomic mass is 10.1. The molecule has 0 saturated heterocycles. The van der Waals surface area contributed by atoms with E-state index in [0.717, 1.165) is 0 Å². The van der Waals surface area contributed by atoms with Crippen LogP contribution in [0.3, 0.4) is 0 Å². The molecule has 7 heteroatoms. The molecule has 1 aromatic heterocycles. The summed E-state index contributed by atoms with van der Waals surface area (Å²) in [6.45, 7) is 3.35. The molecule has 1 amide bonds. The quantitative estimate of drug-likeness (QED) is 0.543. The van der Waals surface area contributed by atoms with E-state index in [1.54, 1.807) is 41.9 Å². The van der Waals surface area contributed by atoms with Gasteiger partial charge in [-0.2, -0.15) is 0 Å². The summed E-state index contributed by atoms with van der Waals surface area (Å²) in [6.07, 6.45) is 0. The van der Waals surface area contributed by atoms with Gasteiger partial charge in [0.2, 0.25) is 0 Å². The molecule has 0 radical (unpaired) electrons. The molecule has 2 aromatic carbocycles. The summed E-state index contributed by atoms with van der Waals surface area (Å²) in [5.41, 5.74) is 1.04. The third-order valence-corrected chi connectivity index (χ3v) is 5.07. The van der Waals surface area contributed by atoms with Gasteiger partial charge in [0.15, 0.2) is 0 Å². The zero-order chi connectivity index (χ0) is 21.5. The number of benzene rings is 2. The lowest BCUT2D eigenvalue weighted by molar-refractivity contribution is 0.0601. The van der Waals surface area contributed by atoms with Gasteiger partial charge in [-0.3, -0.25) is 14.2 Å². The van der Waals surface area contributed by atoms with Crippen molar-refractivity contribution in [3.63, 3.8) is 0 Å². The van der Waals surface area contributed by atoms with Gasteiger partial charge in [0.1, 0.15) is 5.82 Å². The van der Waals surface area contributed by atoms with Crippen LogP contribution in [0.15, 0.2) is 59.4 Å². The molecule has 0 N–H and O–H groups in total. The number of methoxy groups -OCH3 is 2. The number of fused-ring (bicyclic) bond motifs is 1. The van der Waals surface area contributed by atoms with Crippen LogP contribution in [0.4, 0.5) is 0 Å². The van der Waals surface area contributed by atoms with Crippen molar-refractivity contribution in [2.45, 2.75) is 19.5 Å². The zero-order valence-corrected chi connectivity index (χ0v) is 17.6. The van der Waals surface area contributed by atoms with Crippen molar-refractivity contribution in [1.29, 1.82) is 0 Å². The maximum atomic E-state index is 13.3. The molecular weight excluding hydrogens is 382 g/mol. The van der Waals surface area contributed by atoms with Crippen LogP contribution >= 0.6 is 0 Å². The molecule has 7 nitrogen and oxygen atoms in total. The second kappa shape index (κ2) is 10.1. The van der Waals surface area contributed by atoms with Gasteiger partial charge >= 0.3 is 0 Å². The molecule has 3 aromatic rings. The van der Waals surface area contributed by atoms with Crippen molar-refractivity contribution in [2.75, 3.05) is 34.0 Å². The number of nitrogens with zero attached hydrogens (tertiary/aromatic N) is 3. The predicted molar refractivity (Wildman–Crippen MR) is 116 cm³/mol. The van der Waals surface area contributed by atoms with Crippen molar-refractivity contribution in [3.8, 4) is 0 Å². The maximum absolute atomic E-state index is 13.3. The summed E-state index contributed by atoms with van der Waals surface area (Å²) in [5.74, 6) is 0.386. The third kappa shape index (κ3) is 4.58. The number of hydrogen-bond acceptors (Lipinski definition) is 5. The van der Waals surface area contributed by atoms with Gasteiger partial charge in [-0.05, 0) is 31.2 Å². The van der Waals surface area contributed by atoms with Gasteiger partial charge < -0.3 is 14.4 Å². The molecule has 1 atom stereocenters. The van der Waals surface area contributed by atoms with Crippen LogP contribution in [0.1, 0.15) is 29.1 Å². The molecule has 1 unspecified atom stereocenters. The molecule has 1 heterocycles. The SMILES string of the molecule is COCCN(C(=O)c1ccccc1)C(C)c1nc2ccccc2c(=O)n1CCOC. The smallest absolute Gasteiger partial charge is 0.261 e. The van der Waals surface area contributed by atoms with Gasteiger partial charge in [-0.1, -0.05) is 30.3 Å². The third-order valence-electron chi connectivity index (χ3n) is 5.07. The number of para-hydroxylation sites is 1. The van der Waals surface area contributed by atoms with Crippen LogP contribution in [0.25, 0.3) is 10.9 Å². The highest BCUT2D eigenvalue weighted by atomic mass is 16.5. The van der Waals surface area contributed by atoms with Crippen molar-refractivity contribution in [1.82, 2.24) is 14.5 Å². The molecule has 0 aliphatic carbocycles. The normalized spacial score (nSPS) is 12.1. The second-order valence-electron chi connectivity index (χ2n) is 6.97. The Balaban J connectivity index is 2.09. The lowest BCUT2D eigenvalue weighted by Gasteiger charge is -2.30. The topological polar surface area (TPSA) is 73.7 Å². The van der Waals surface area contributed by atoms with E-state index in [-0.39, 0.29) is 11.5 Å². The van der Waals surface area contributed by atoms with E-state index in [9.17, 15) is 9.59 Å². The molecule has 3 rings (SSSR count). The molecule has 30 heavy (non-hydrogen) atoms. The fraction of sp³-hybridized carbons (Fsp3) is 0.348. The van der Waals surface area contributed by atoms with Gasteiger partial charge in [0.25, 0.3) is 11.5 Å². The Morgan fingerprint density at radius 3 is 2.40 bits per heavy atom. The molecule has 0 aliphatic rings. The summed E-state index contributed by atoms with van der Waals surface area (Å²) >= 11 is 0. The van der Waals surface area contributed by atoms with E-state index in [4.69, 9.17) is 14.5 Å². The number of aromatic nitrogens is 2. The van der Waals surface area contributed by atoms with Crippen molar-refractivity contribution in [3.05, 3.63) is 76.3 Å². The summed E-state index contributed by atoms with van der Waals surface area (Å²) in [5, 5.41) is 0.544. The van der Waals surface area contributed by atoms with E-state index >= 15 is 0 Å². The minimum Gasteiger partial charge on any atom is -0.383 e. The van der Waals surface area contributed by atoms with E-state index in [2.05, 4.69) is 0 Å². The monoisotopic (exact) mass is 409 g/mol. The average Bonchev–Trinajstić information content (AvgIpc) is 2.79. The molecular formula is C23H27N3O4. The highest BCUT2D eigenvalue weighted by Gasteiger charge is 2.26. The first-order valence-corrected chi connectivity index (χ1v) is 9.91. The molecule has 158 valence electrons. The van der Waals surface area contributed by atoms with Gasteiger partial charge in [-0.15, -0.1) is 0 Å². The van der Waals surface area contributed by atoms with E-state index in [1.165, 1.54) is 0 Å². The summed E-state index contributed by atoms with van der Waals surface area (Å²) in [4.78, 5) is 32.9. The second-order valence-corrected chi connectivity index (χ2v) is 6.97. The van der Waals surface area contributed by atoms with Crippen LogP contribution in [0.2, 0.25) is 0 Å². The zero-order valence-electron chi connectivity index (χ0n) is 17.6. The number of carbonyl (C=O) groups is 1. The van der Waals surface area contributed by atoms with Gasteiger partial charge in [-0.25, -0.2) is 4.98 Å². The van der Waals surface area contributed by atoms with Crippen molar-refractivity contribution >= 4 is 16.8 Å². The van der Waals surface area contributed by atoms with E-state index in [0.29, 0.717) is 48.6 Å². The Morgan fingerprint density at radius 1 is 1.03 bits per heavy atom. The first kappa shape index (κ1) is 21.7. The van der Waals surface area contributed by atoms with E-state index in [1.807, 2.05) is 43.3 Å². The summed E-state index contributed by atoms with van der Waals surface area (Å²) in [7, 11) is 3.19. The number of ether oxygens (including phenoxy) is 2. The molecule has 0 spiro atoms. The molecule has 0 aliphatic heterocycles. The minimum absolute atomic E-state index is 0.138. The van der Waals surface area contributed by atoms with Crippen molar-refractivity contribution in [2.24, 2.45) is 0 Å². The van der Waals surface area contributed by atoms with E-state index < -0.39 is 6.04 Å². The van der Waals surface area contributed by atoms with Crippen LogP contribution < -0.4 is 5.56 Å². The van der Waals surface area contributed by atoms with Gasteiger partial charge in [0.05, 0.1) is 36.7 Å². The van der Waals surface area contributed by atoms with Crippen molar-refractivity contribution < 1.29 is 14.3 Å². The highest BCUT2D eigenvalue weighted by Crippen LogP contribution is 2.22. The summed E-state index contributed by atoms with van der Waals surface area (Å²) < 4.78 is 12.0. The summed E-state index contributed by atoms with van der Waals surface area (Å²) in [6, 6.07) is 15.9. The minimum atomic E-state index is -0.443. The Morgan fingerprint density at radius 2 is 1.70 bits per heavy atom. The maximum Gasteiger partial charge on any atom is 0.261 e. The van der Waals surface area contributed by atoms with Crippen LogP contribution in [0.5, 0.6) is 0 Å². The standard InChI is InChI=1S/C23H27N3O4/c1-17(25(13-15-29-2)22(27)18-9-5-4-6-10-18)21-24-20-12-8-7-11-19(20)23(28)26(21)14-16-30-3/h4-12,17H,13-16H2,1-3H3. The fourth-order valence-electron chi connectivity index (χ4n) is 3.45. The highest BCUT2D eigenvalue weighted by molar-refractivity contribution is 5.94. The Bertz CT molecular complexity index is 1050. The lowest BCUT2D eigenvalue weighted by Crippen LogP contribution is -2.40. The van der Waals surface area contributed by atoms with Crippen LogP contribution in [0, 0.1) is 0 Å². The number of carbonyl (C=O) groups excluding carboxylic acids is 1. The fourth-order valence-corrected chi connectivity index (χ4v) is 3.45. The largest absolute Gasteiger partial charge is 0.383 e. The number of amides is 1. The van der Waals surface area contributed by atoms with Crippen LogP contribution in [-0.4, -0.2) is 54.3 Å². The average molecular weight is 409 g/mol. The van der Waals surface area contributed by atoms with Crippen LogP contribution in [-0.2, 0) is 16.0 Å². The molecule has 0 saturated carbocycles. The van der Waals surface area contributed by atoms with Gasteiger partial charge in [0, 0.05) is 26.3 Å². The molecule has 0 bridgehead atoms. The Kier molecular flexibility index (Phi) is 7.32. The number of rotatable bonds is 9. The Hall–Kier alpha value is -3.03. The molecule has 0 fully saturated rings.